The molecular formula is C37H40F2O7. The number of benzene rings is 4. The predicted molar refractivity (Wildman–Crippen MR) is 168 cm³/mol. The Hall–Kier alpha value is -3.54. The van der Waals surface area contributed by atoms with Crippen molar-refractivity contribution in [3.05, 3.63) is 144 Å². The largest absolute Gasteiger partial charge is 0.374 e. The Labute approximate surface area is 268 Å². The molecule has 4 aromatic rings. The summed E-state index contributed by atoms with van der Waals surface area (Å²) < 4.78 is 68.1. The maximum Gasteiger partial charge on any atom is 0.325 e. The van der Waals surface area contributed by atoms with E-state index in [0.717, 1.165) is 29.4 Å². The molecule has 6 unspecified atom stereocenters. The van der Waals surface area contributed by atoms with Gasteiger partial charge in [-0.15, -0.1) is 0 Å². The monoisotopic (exact) mass is 634 g/mol. The second kappa shape index (κ2) is 16.9. The average molecular weight is 635 g/mol. The van der Waals surface area contributed by atoms with Gasteiger partial charge in [-0.25, -0.2) is 0 Å². The Kier molecular flexibility index (Phi) is 12.4. The van der Waals surface area contributed by atoms with Crippen molar-refractivity contribution in [3.63, 3.8) is 0 Å². The molecule has 6 atom stereocenters. The lowest BCUT2D eigenvalue weighted by molar-refractivity contribution is -0.343. The molecule has 1 fully saturated rings. The number of aliphatic hydroxyl groups excluding tert-OH is 1. The van der Waals surface area contributed by atoms with E-state index in [0.29, 0.717) is 0 Å². The highest BCUT2D eigenvalue weighted by Crippen LogP contribution is 2.39. The standard InChI is InChI=1S/C37H40F2O7/c1-41-36(40)37(38,39)35-34(45-25-30-20-12-5-13-21-30)33(44-24-29-18-10-4-11-19-29)32(43-23-28-16-8-3-9-17-28)31(46-35)26-42-22-27-14-6-2-7-15-27/h2-21,31-36,40H,22-26H2,1H3. The minimum atomic E-state index is -3.88. The van der Waals surface area contributed by atoms with Crippen LogP contribution in [-0.4, -0.2) is 61.6 Å². The van der Waals surface area contributed by atoms with Gasteiger partial charge in [-0.3, -0.25) is 0 Å². The lowest BCUT2D eigenvalue weighted by Crippen LogP contribution is -2.67. The van der Waals surface area contributed by atoms with Crippen molar-refractivity contribution in [1.29, 1.82) is 0 Å². The SMILES string of the molecule is COC(O)C(F)(F)C1OC(COCc2ccccc2)C(OCc2ccccc2)C(OCc2ccccc2)C1OCc1ccccc1. The molecular weight excluding hydrogens is 594 g/mol. The number of methoxy groups -OCH3 is 1. The van der Waals surface area contributed by atoms with Crippen LogP contribution in [0.15, 0.2) is 121 Å². The van der Waals surface area contributed by atoms with Crippen molar-refractivity contribution in [2.24, 2.45) is 0 Å². The summed E-state index contributed by atoms with van der Waals surface area (Å²) in [5.74, 6) is -3.88. The zero-order valence-electron chi connectivity index (χ0n) is 25.7. The Bertz CT molecular complexity index is 1410. The molecule has 1 saturated heterocycles. The van der Waals surface area contributed by atoms with E-state index < -0.39 is 42.7 Å². The fourth-order valence-corrected chi connectivity index (χ4v) is 5.40. The van der Waals surface area contributed by atoms with Crippen LogP contribution in [0.2, 0.25) is 0 Å². The Morgan fingerprint density at radius 3 is 1.43 bits per heavy atom. The van der Waals surface area contributed by atoms with E-state index in [-0.39, 0.29) is 33.0 Å². The molecule has 0 saturated carbocycles. The van der Waals surface area contributed by atoms with E-state index in [1.165, 1.54) is 0 Å². The van der Waals surface area contributed by atoms with E-state index in [4.69, 9.17) is 28.4 Å². The van der Waals surface area contributed by atoms with Crippen LogP contribution in [-0.2, 0) is 54.8 Å². The Morgan fingerprint density at radius 1 is 0.609 bits per heavy atom. The number of aliphatic hydroxyl groups is 1. The van der Waals surface area contributed by atoms with E-state index in [1.807, 2.05) is 121 Å². The van der Waals surface area contributed by atoms with Crippen LogP contribution >= 0.6 is 0 Å². The number of hydrogen-bond acceptors (Lipinski definition) is 7. The summed E-state index contributed by atoms with van der Waals surface area (Å²) >= 11 is 0. The smallest absolute Gasteiger partial charge is 0.325 e. The van der Waals surface area contributed by atoms with Gasteiger partial charge in [-0.05, 0) is 22.3 Å². The molecule has 0 aliphatic carbocycles. The van der Waals surface area contributed by atoms with Crippen molar-refractivity contribution >= 4 is 0 Å². The van der Waals surface area contributed by atoms with Crippen LogP contribution in [0.25, 0.3) is 0 Å². The van der Waals surface area contributed by atoms with Gasteiger partial charge < -0.3 is 33.5 Å². The molecule has 244 valence electrons. The first-order valence-electron chi connectivity index (χ1n) is 15.3. The lowest BCUT2D eigenvalue weighted by Gasteiger charge is -2.48. The van der Waals surface area contributed by atoms with Crippen molar-refractivity contribution in [2.45, 2.75) is 69.2 Å². The maximum atomic E-state index is 16.0. The number of hydrogen-bond donors (Lipinski definition) is 1. The fraction of sp³-hybridized carbons (Fsp3) is 0.351. The number of ether oxygens (including phenoxy) is 6. The zero-order chi connectivity index (χ0) is 32.2. The van der Waals surface area contributed by atoms with Crippen LogP contribution in [0, 0.1) is 0 Å². The highest BCUT2D eigenvalue weighted by molar-refractivity contribution is 5.17. The topological polar surface area (TPSA) is 75.6 Å². The van der Waals surface area contributed by atoms with Gasteiger partial charge in [0.15, 0.2) is 6.10 Å². The first-order valence-corrected chi connectivity index (χ1v) is 15.3. The predicted octanol–water partition coefficient (Wildman–Crippen LogP) is 6.33. The third-order valence-electron chi connectivity index (χ3n) is 7.82. The molecule has 46 heavy (non-hydrogen) atoms. The van der Waals surface area contributed by atoms with Crippen molar-refractivity contribution in [2.75, 3.05) is 13.7 Å². The summed E-state index contributed by atoms with van der Waals surface area (Å²) in [6.07, 6.45) is -8.73. The molecule has 0 spiro atoms. The molecule has 0 aromatic heterocycles. The van der Waals surface area contributed by atoms with Gasteiger partial charge in [0.25, 0.3) is 0 Å². The second-order valence-corrected chi connectivity index (χ2v) is 11.1. The van der Waals surface area contributed by atoms with Crippen molar-refractivity contribution in [3.8, 4) is 0 Å². The number of halogens is 2. The second-order valence-electron chi connectivity index (χ2n) is 11.1. The first-order chi connectivity index (χ1) is 22.5. The molecule has 4 aromatic carbocycles. The maximum absolute atomic E-state index is 16.0. The fourth-order valence-electron chi connectivity index (χ4n) is 5.40. The summed E-state index contributed by atoms with van der Waals surface area (Å²) in [5, 5.41) is 10.4. The summed E-state index contributed by atoms with van der Waals surface area (Å²) in [5.41, 5.74) is 3.42. The molecule has 5 rings (SSSR count). The van der Waals surface area contributed by atoms with E-state index in [9.17, 15) is 5.11 Å². The van der Waals surface area contributed by atoms with E-state index in [2.05, 4.69) is 0 Å². The van der Waals surface area contributed by atoms with Crippen LogP contribution in [0.4, 0.5) is 8.78 Å². The van der Waals surface area contributed by atoms with Crippen LogP contribution in [0.1, 0.15) is 22.3 Å². The molecule has 1 N–H and O–H groups in total. The van der Waals surface area contributed by atoms with Crippen LogP contribution < -0.4 is 0 Å². The van der Waals surface area contributed by atoms with Gasteiger partial charge in [0.05, 0.1) is 33.0 Å². The Morgan fingerprint density at radius 2 is 1.00 bits per heavy atom. The molecule has 1 heterocycles. The van der Waals surface area contributed by atoms with Gasteiger partial charge in [-0.1, -0.05) is 121 Å². The lowest BCUT2D eigenvalue weighted by atomic mass is 9.90. The van der Waals surface area contributed by atoms with Gasteiger partial charge >= 0.3 is 5.92 Å². The Balaban J connectivity index is 1.49. The molecule has 1 aliphatic rings. The summed E-state index contributed by atoms with van der Waals surface area (Å²) in [6.45, 7) is 0.418. The molecule has 7 nitrogen and oxygen atoms in total. The minimum absolute atomic E-state index is 0.00367. The highest BCUT2D eigenvalue weighted by Gasteiger charge is 2.60. The average Bonchev–Trinajstić information content (AvgIpc) is 3.10. The van der Waals surface area contributed by atoms with Crippen LogP contribution in [0.3, 0.4) is 0 Å². The number of alkyl halides is 2. The van der Waals surface area contributed by atoms with E-state index >= 15 is 8.78 Å². The van der Waals surface area contributed by atoms with Crippen LogP contribution in [0.5, 0.6) is 0 Å². The molecule has 0 radical (unpaired) electrons. The van der Waals surface area contributed by atoms with Gasteiger partial charge in [-0.2, -0.15) is 8.78 Å². The number of rotatable bonds is 16. The third-order valence-corrected chi connectivity index (χ3v) is 7.82. The quantitative estimate of drug-likeness (QED) is 0.145. The minimum Gasteiger partial charge on any atom is -0.374 e. The van der Waals surface area contributed by atoms with Gasteiger partial charge in [0, 0.05) is 7.11 Å². The normalized spacial score (nSPS) is 22.4. The molecule has 9 heteroatoms. The highest BCUT2D eigenvalue weighted by atomic mass is 19.3. The summed E-state index contributed by atoms with van der Waals surface area (Å²) in [7, 11) is 1.01. The van der Waals surface area contributed by atoms with Crippen molar-refractivity contribution < 1.29 is 42.3 Å². The summed E-state index contributed by atoms with van der Waals surface area (Å²) in [4.78, 5) is 0. The first kappa shape index (κ1) is 33.8. The van der Waals surface area contributed by atoms with Crippen molar-refractivity contribution in [1.82, 2.24) is 0 Å². The third kappa shape index (κ3) is 9.04. The van der Waals surface area contributed by atoms with Gasteiger partial charge in [0.1, 0.15) is 24.4 Å². The molecule has 1 aliphatic heterocycles. The van der Waals surface area contributed by atoms with E-state index in [1.54, 1.807) is 0 Å². The summed E-state index contributed by atoms with van der Waals surface area (Å²) in [6, 6.07) is 37.7. The molecule has 0 bridgehead atoms. The zero-order valence-corrected chi connectivity index (χ0v) is 25.7. The van der Waals surface area contributed by atoms with Gasteiger partial charge in [0.2, 0.25) is 6.29 Å². The molecule has 0 amide bonds.